The number of ether oxygens (including phenoxy) is 1. The third-order valence-corrected chi connectivity index (χ3v) is 3.11. The predicted molar refractivity (Wildman–Crippen MR) is 73.8 cm³/mol. The fourth-order valence-electron chi connectivity index (χ4n) is 1.73. The van der Waals surface area contributed by atoms with E-state index in [0.29, 0.717) is 11.1 Å². The van der Waals surface area contributed by atoms with Crippen LogP contribution in [0.15, 0.2) is 42.5 Å². The van der Waals surface area contributed by atoms with Gasteiger partial charge in [0.25, 0.3) is 5.24 Å². The highest BCUT2D eigenvalue weighted by Gasteiger charge is 2.31. The predicted octanol–water partition coefficient (Wildman–Crippen LogP) is 5.28. The fourth-order valence-corrected chi connectivity index (χ4v) is 2.14. The Kier molecular flexibility index (Phi) is 4.44. The zero-order chi connectivity index (χ0) is 15.6. The van der Waals surface area contributed by atoms with Crippen LogP contribution in [0.2, 0.25) is 5.02 Å². The van der Waals surface area contributed by atoms with E-state index in [1.165, 1.54) is 36.4 Å². The normalized spacial score (nSPS) is 11.3. The Morgan fingerprint density at radius 2 is 1.81 bits per heavy atom. The molecule has 0 N–H and O–H groups in total. The highest BCUT2D eigenvalue weighted by atomic mass is 35.5. The molecule has 7 heteroatoms. The summed E-state index contributed by atoms with van der Waals surface area (Å²) in [5.74, 6) is -0.353. The largest absolute Gasteiger partial charge is 0.573 e. The first kappa shape index (κ1) is 15.7. The van der Waals surface area contributed by atoms with Gasteiger partial charge >= 0.3 is 6.36 Å². The topological polar surface area (TPSA) is 26.3 Å². The van der Waals surface area contributed by atoms with E-state index in [4.69, 9.17) is 23.2 Å². The molecule has 0 fully saturated rings. The number of halogens is 5. The molecule has 2 aromatic rings. The van der Waals surface area contributed by atoms with Crippen LogP contribution in [0, 0.1) is 0 Å². The monoisotopic (exact) mass is 334 g/mol. The summed E-state index contributed by atoms with van der Waals surface area (Å²) in [5.41, 5.74) is 1.09. The molecular formula is C14H7Cl2F3O2. The van der Waals surface area contributed by atoms with Crippen molar-refractivity contribution in [3.63, 3.8) is 0 Å². The highest BCUT2D eigenvalue weighted by molar-refractivity contribution is 6.67. The van der Waals surface area contributed by atoms with E-state index in [0.717, 1.165) is 0 Å². The molecule has 2 aromatic carbocycles. The van der Waals surface area contributed by atoms with Gasteiger partial charge in [-0.3, -0.25) is 4.79 Å². The highest BCUT2D eigenvalue weighted by Crippen LogP contribution is 2.32. The van der Waals surface area contributed by atoms with Crippen molar-refractivity contribution >= 4 is 28.4 Å². The number of rotatable bonds is 3. The number of hydrogen-bond acceptors (Lipinski definition) is 2. The quantitative estimate of drug-likeness (QED) is 0.713. The second-order valence-corrected chi connectivity index (χ2v) is 4.79. The average Bonchev–Trinajstić information content (AvgIpc) is 2.36. The molecule has 2 nitrogen and oxygen atoms in total. The maximum Gasteiger partial charge on any atom is 0.573 e. The van der Waals surface area contributed by atoms with Gasteiger partial charge in [0, 0.05) is 16.1 Å². The van der Waals surface area contributed by atoms with E-state index < -0.39 is 11.6 Å². The lowest BCUT2D eigenvalue weighted by atomic mass is 10.0. The summed E-state index contributed by atoms with van der Waals surface area (Å²) >= 11 is 11.3. The third kappa shape index (κ3) is 4.12. The lowest BCUT2D eigenvalue weighted by Gasteiger charge is -2.11. The third-order valence-electron chi connectivity index (χ3n) is 2.57. The minimum atomic E-state index is -4.77. The van der Waals surface area contributed by atoms with Crippen LogP contribution in [0.4, 0.5) is 13.2 Å². The molecule has 2 rings (SSSR count). The van der Waals surface area contributed by atoms with Gasteiger partial charge in [0.2, 0.25) is 0 Å². The number of carbonyl (C=O) groups excluding carboxylic acids is 1. The van der Waals surface area contributed by atoms with E-state index in [1.807, 2.05) is 0 Å². The first-order valence-corrected chi connectivity index (χ1v) is 6.37. The number of hydrogen-bond donors (Lipinski definition) is 0. The van der Waals surface area contributed by atoms with Gasteiger partial charge in [0.05, 0.1) is 0 Å². The summed E-state index contributed by atoms with van der Waals surface area (Å²) in [6, 6.07) is 9.67. The second-order valence-electron chi connectivity index (χ2n) is 4.04. The Bertz CT molecular complexity index is 684. The average molecular weight is 335 g/mol. The van der Waals surface area contributed by atoms with Gasteiger partial charge in [-0.05, 0) is 41.4 Å². The van der Waals surface area contributed by atoms with E-state index in [9.17, 15) is 18.0 Å². The first-order chi connectivity index (χ1) is 9.76. The Morgan fingerprint density at radius 1 is 1.10 bits per heavy atom. The van der Waals surface area contributed by atoms with Crippen LogP contribution in [-0.4, -0.2) is 11.6 Å². The van der Waals surface area contributed by atoms with E-state index in [2.05, 4.69) is 4.74 Å². The van der Waals surface area contributed by atoms with Gasteiger partial charge < -0.3 is 4.74 Å². The number of carbonyl (C=O) groups is 1. The van der Waals surface area contributed by atoms with E-state index in [1.54, 1.807) is 6.07 Å². The molecule has 0 aliphatic rings. The van der Waals surface area contributed by atoms with Gasteiger partial charge in [0.15, 0.2) is 0 Å². The first-order valence-electron chi connectivity index (χ1n) is 5.62. The molecule has 110 valence electrons. The standard InChI is InChI=1S/C14H7Cl2F3O2/c15-12-7-9(13(16)20)4-5-11(12)8-2-1-3-10(6-8)21-14(17,18)19/h1-7H. The minimum Gasteiger partial charge on any atom is -0.406 e. The van der Waals surface area contributed by atoms with Crippen molar-refractivity contribution in [2.75, 3.05) is 0 Å². The molecule has 0 spiro atoms. The van der Waals surface area contributed by atoms with Crippen molar-refractivity contribution < 1.29 is 22.7 Å². The van der Waals surface area contributed by atoms with Crippen molar-refractivity contribution in [1.82, 2.24) is 0 Å². The zero-order valence-electron chi connectivity index (χ0n) is 10.2. The van der Waals surface area contributed by atoms with Gasteiger partial charge in [-0.25, -0.2) is 0 Å². The lowest BCUT2D eigenvalue weighted by Crippen LogP contribution is -2.17. The Hall–Kier alpha value is -1.72. The van der Waals surface area contributed by atoms with Gasteiger partial charge in [-0.15, -0.1) is 13.2 Å². The molecule has 0 saturated heterocycles. The van der Waals surface area contributed by atoms with Crippen LogP contribution in [0.5, 0.6) is 5.75 Å². The molecule has 0 saturated carbocycles. The Morgan fingerprint density at radius 3 is 2.38 bits per heavy atom. The molecule has 0 amide bonds. The summed E-state index contributed by atoms with van der Waals surface area (Å²) in [6.07, 6.45) is -4.77. The molecular weight excluding hydrogens is 328 g/mol. The molecule has 0 aromatic heterocycles. The zero-order valence-corrected chi connectivity index (χ0v) is 11.8. The van der Waals surface area contributed by atoms with Crippen LogP contribution < -0.4 is 4.74 Å². The summed E-state index contributed by atoms with van der Waals surface area (Å²) in [5, 5.41) is -0.469. The van der Waals surface area contributed by atoms with Crippen molar-refractivity contribution in [1.29, 1.82) is 0 Å². The van der Waals surface area contributed by atoms with Crippen LogP contribution in [-0.2, 0) is 0 Å². The SMILES string of the molecule is O=C(Cl)c1ccc(-c2cccc(OC(F)(F)F)c2)c(Cl)c1. The summed E-state index contributed by atoms with van der Waals surface area (Å²) in [7, 11) is 0. The fraction of sp³-hybridized carbons (Fsp3) is 0.0714. The van der Waals surface area contributed by atoms with E-state index in [-0.39, 0.29) is 16.3 Å². The van der Waals surface area contributed by atoms with E-state index >= 15 is 0 Å². The molecule has 0 aliphatic heterocycles. The van der Waals surface area contributed by atoms with Gasteiger partial charge in [-0.2, -0.15) is 0 Å². The molecule has 0 atom stereocenters. The van der Waals surface area contributed by atoms with Crippen LogP contribution in [0.1, 0.15) is 10.4 Å². The molecule has 0 bridgehead atoms. The van der Waals surface area contributed by atoms with Gasteiger partial charge in [0.1, 0.15) is 5.75 Å². The molecule has 0 radical (unpaired) electrons. The number of benzene rings is 2. The summed E-state index contributed by atoms with van der Waals surface area (Å²) in [6.45, 7) is 0. The van der Waals surface area contributed by atoms with Crippen LogP contribution in [0.3, 0.4) is 0 Å². The van der Waals surface area contributed by atoms with Crippen LogP contribution in [0.25, 0.3) is 11.1 Å². The summed E-state index contributed by atoms with van der Waals surface area (Å²) < 4.78 is 40.4. The summed E-state index contributed by atoms with van der Waals surface area (Å²) in [4.78, 5) is 11.0. The Labute approximate surface area is 128 Å². The van der Waals surface area contributed by atoms with Crippen molar-refractivity contribution in [3.8, 4) is 16.9 Å². The smallest absolute Gasteiger partial charge is 0.406 e. The van der Waals surface area contributed by atoms with Crippen molar-refractivity contribution in [3.05, 3.63) is 53.1 Å². The van der Waals surface area contributed by atoms with Crippen molar-refractivity contribution in [2.45, 2.75) is 6.36 Å². The maximum absolute atomic E-state index is 12.2. The molecule has 0 heterocycles. The lowest BCUT2D eigenvalue weighted by molar-refractivity contribution is -0.274. The molecule has 0 aliphatic carbocycles. The van der Waals surface area contributed by atoms with Crippen LogP contribution >= 0.6 is 23.2 Å². The minimum absolute atomic E-state index is 0.200. The maximum atomic E-state index is 12.2. The van der Waals surface area contributed by atoms with Gasteiger partial charge in [-0.1, -0.05) is 29.8 Å². The molecule has 21 heavy (non-hydrogen) atoms. The van der Waals surface area contributed by atoms with Crippen molar-refractivity contribution in [2.24, 2.45) is 0 Å². The second kappa shape index (κ2) is 5.95. The molecule has 0 unspecified atom stereocenters. The number of alkyl halides is 3. The Balaban J connectivity index is 2.38.